The van der Waals surface area contributed by atoms with Crippen LogP contribution in [-0.4, -0.2) is 31.0 Å². The first-order valence-electron chi connectivity index (χ1n) is 9.41. The quantitative estimate of drug-likeness (QED) is 0.701. The maximum Gasteiger partial charge on any atom is 0.269 e. The van der Waals surface area contributed by atoms with Crippen LogP contribution >= 0.6 is 0 Å². The molecular weight excluding hydrogens is 336 g/mol. The molecule has 1 heterocycles. The number of nitrogens with one attached hydrogen (secondary N) is 3. The summed E-state index contributed by atoms with van der Waals surface area (Å²) in [6, 6.07) is 10.6. The summed E-state index contributed by atoms with van der Waals surface area (Å²) in [5.41, 5.74) is 6.52. The minimum absolute atomic E-state index is 0.0513. The molecule has 0 bridgehead atoms. The molecule has 1 atom stereocenters. The average Bonchev–Trinajstić information content (AvgIpc) is 3.50. The number of rotatable bonds is 7. The van der Waals surface area contributed by atoms with Gasteiger partial charge in [0.1, 0.15) is 5.69 Å². The minimum atomic E-state index is -0.190. The fourth-order valence-electron chi connectivity index (χ4n) is 3.30. The van der Waals surface area contributed by atoms with E-state index in [1.165, 1.54) is 24.0 Å². The second-order valence-electron chi connectivity index (χ2n) is 7.13. The lowest BCUT2D eigenvalue weighted by Crippen LogP contribution is -2.21. The molecule has 1 unspecified atom stereocenters. The molecule has 27 heavy (non-hydrogen) atoms. The molecule has 1 aliphatic rings. The van der Waals surface area contributed by atoms with E-state index in [0.29, 0.717) is 11.7 Å². The van der Waals surface area contributed by atoms with Crippen molar-refractivity contribution in [3.8, 4) is 0 Å². The van der Waals surface area contributed by atoms with Crippen LogP contribution in [0.25, 0.3) is 5.70 Å². The molecule has 3 N–H and O–H groups in total. The largest absolute Gasteiger partial charge is 0.388 e. The van der Waals surface area contributed by atoms with Gasteiger partial charge in [-0.3, -0.25) is 4.79 Å². The van der Waals surface area contributed by atoms with Gasteiger partial charge in [0, 0.05) is 48.7 Å². The van der Waals surface area contributed by atoms with Crippen LogP contribution in [0.1, 0.15) is 58.6 Å². The highest BCUT2D eigenvalue weighted by Crippen LogP contribution is 2.31. The van der Waals surface area contributed by atoms with E-state index in [-0.39, 0.29) is 11.8 Å². The van der Waals surface area contributed by atoms with Crippen LogP contribution in [0.3, 0.4) is 0 Å². The van der Waals surface area contributed by atoms with Gasteiger partial charge in [-0.1, -0.05) is 25.6 Å². The van der Waals surface area contributed by atoms with Crippen molar-refractivity contribution in [3.63, 3.8) is 0 Å². The summed E-state index contributed by atoms with van der Waals surface area (Å²) in [6.45, 7) is 8.40. The molecule has 3 rings (SSSR count). The van der Waals surface area contributed by atoms with Gasteiger partial charge in [0.15, 0.2) is 0 Å². The van der Waals surface area contributed by atoms with E-state index < -0.39 is 0 Å². The summed E-state index contributed by atoms with van der Waals surface area (Å²) in [6.07, 6.45) is 2.34. The Morgan fingerprint density at radius 3 is 2.63 bits per heavy atom. The lowest BCUT2D eigenvalue weighted by Gasteiger charge is -2.19. The highest BCUT2D eigenvalue weighted by molar-refractivity contribution is 5.93. The number of benzene rings is 1. The Morgan fingerprint density at radius 1 is 1.26 bits per heavy atom. The van der Waals surface area contributed by atoms with Crippen molar-refractivity contribution in [2.75, 3.05) is 19.4 Å². The summed E-state index contributed by atoms with van der Waals surface area (Å²) in [5.74, 6) is -0.138. The summed E-state index contributed by atoms with van der Waals surface area (Å²) in [7, 11) is 3.55. The van der Waals surface area contributed by atoms with Crippen molar-refractivity contribution < 1.29 is 4.79 Å². The highest BCUT2D eigenvalue weighted by Gasteiger charge is 2.23. The first-order chi connectivity index (χ1) is 12.9. The smallest absolute Gasteiger partial charge is 0.269 e. The predicted octanol–water partition coefficient (Wildman–Crippen LogP) is 3.67. The van der Waals surface area contributed by atoms with E-state index in [4.69, 9.17) is 0 Å². The number of hydrogen-bond acceptors (Lipinski definition) is 4. The van der Waals surface area contributed by atoms with Crippen molar-refractivity contribution in [1.82, 2.24) is 15.6 Å². The third kappa shape index (κ3) is 4.13. The Morgan fingerprint density at radius 2 is 2.00 bits per heavy atom. The van der Waals surface area contributed by atoms with Gasteiger partial charge >= 0.3 is 0 Å². The lowest BCUT2D eigenvalue weighted by molar-refractivity contribution is 0.0958. The Balaban J connectivity index is 2.02. The van der Waals surface area contributed by atoms with E-state index in [9.17, 15) is 4.79 Å². The molecule has 0 aliphatic heterocycles. The second-order valence-corrected chi connectivity index (χ2v) is 7.13. The van der Waals surface area contributed by atoms with E-state index in [1.54, 1.807) is 7.05 Å². The van der Waals surface area contributed by atoms with Crippen LogP contribution in [0, 0.1) is 6.92 Å². The molecule has 0 radical (unpaired) electrons. The summed E-state index contributed by atoms with van der Waals surface area (Å²) in [4.78, 5) is 16.9. The van der Waals surface area contributed by atoms with Gasteiger partial charge in [0.05, 0.1) is 0 Å². The van der Waals surface area contributed by atoms with E-state index in [0.717, 1.165) is 22.6 Å². The standard InChI is InChI=1S/C22H28N4O/c1-13-18(7-6-8-19(13)23-4)14(2)20-11-16(15(3)25-17-9-10-17)12-21(26-20)22(27)24-5/h6-8,11-12,14,17,23,25H,3,9-10H2,1-2,4-5H3,(H,24,27). The molecule has 0 spiro atoms. The molecule has 2 aromatic rings. The number of carbonyl (C=O) groups is 1. The van der Waals surface area contributed by atoms with Gasteiger partial charge in [-0.15, -0.1) is 0 Å². The Hall–Kier alpha value is -2.82. The first-order valence-corrected chi connectivity index (χ1v) is 9.41. The molecule has 142 valence electrons. The molecule has 1 aliphatic carbocycles. The van der Waals surface area contributed by atoms with Crippen LogP contribution in [0.5, 0.6) is 0 Å². The lowest BCUT2D eigenvalue weighted by atomic mass is 9.91. The van der Waals surface area contributed by atoms with Gasteiger partial charge in [0.25, 0.3) is 5.91 Å². The van der Waals surface area contributed by atoms with Gasteiger partial charge in [-0.25, -0.2) is 4.98 Å². The third-order valence-electron chi connectivity index (χ3n) is 5.16. The van der Waals surface area contributed by atoms with Crippen LogP contribution in [0.15, 0.2) is 36.9 Å². The maximum absolute atomic E-state index is 12.3. The number of amides is 1. The number of nitrogens with zero attached hydrogens (tertiary/aromatic N) is 1. The molecule has 1 aromatic carbocycles. The number of hydrogen-bond donors (Lipinski definition) is 3. The summed E-state index contributed by atoms with van der Waals surface area (Å²) < 4.78 is 0. The molecule has 1 amide bonds. The van der Waals surface area contributed by atoms with Crippen LogP contribution in [-0.2, 0) is 0 Å². The van der Waals surface area contributed by atoms with Crippen molar-refractivity contribution in [2.45, 2.75) is 38.6 Å². The summed E-state index contributed by atoms with van der Waals surface area (Å²) >= 11 is 0. The van der Waals surface area contributed by atoms with Gasteiger partial charge < -0.3 is 16.0 Å². The fraction of sp³-hybridized carbons (Fsp3) is 0.364. The Labute approximate surface area is 161 Å². The predicted molar refractivity (Wildman–Crippen MR) is 111 cm³/mol. The van der Waals surface area contributed by atoms with Gasteiger partial charge in [-0.05, 0) is 49.1 Å². The van der Waals surface area contributed by atoms with Gasteiger partial charge in [0.2, 0.25) is 0 Å². The molecular formula is C22H28N4O. The Kier molecular flexibility index (Phi) is 5.49. The summed E-state index contributed by atoms with van der Waals surface area (Å²) in [5, 5.41) is 9.33. The van der Waals surface area contributed by atoms with Crippen molar-refractivity contribution in [3.05, 3.63) is 65.0 Å². The molecule has 0 saturated heterocycles. The van der Waals surface area contributed by atoms with Crippen molar-refractivity contribution in [2.24, 2.45) is 0 Å². The fourth-order valence-corrected chi connectivity index (χ4v) is 3.30. The average molecular weight is 364 g/mol. The van der Waals surface area contributed by atoms with Gasteiger partial charge in [-0.2, -0.15) is 0 Å². The molecule has 5 heteroatoms. The first kappa shape index (κ1) is 19.0. The van der Waals surface area contributed by atoms with Crippen LogP contribution in [0.4, 0.5) is 5.69 Å². The zero-order chi connectivity index (χ0) is 19.6. The highest BCUT2D eigenvalue weighted by atomic mass is 16.1. The molecule has 5 nitrogen and oxygen atoms in total. The SMILES string of the molecule is C=C(NC1CC1)c1cc(C(=O)NC)nc(C(C)c2cccc(NC)c2C)c1. The Bertz CT molecular complexity index is 871. The maximum atomic E-state index is 12.3. The molecule has 1 fully saturated rings. The van der Waals surface area contributed by atoms with E-state index in [2.05, 4.69) is 53.5 Å². The number of aromatic nitrogens is 1. The zero-order valence-electron chi connectivity index (χ0n) is 16.5. The monoisotopic (exact) mass is 364 g/mol. The number of pyridine rings is 1. The van der Waals surface area contributed by atoms with Crippen molar-refractivity contribution in [1.29, 1.82) is 0 Å². The topological polar surface area (TPSA) is 66.0 Å². The molecule has 1 saturated carbocycles. The van der Waals surface area contributed by atoms with Crippen molar-refractivity contribution >= 4 is 17.3 Å². The number of anilines is 1. The van der Waals surface area contributed by atoms with E-state index >= 15 is 0 Å². The minimum Gasteiger partial charge on any atom is -0.388 e. The van der Waals surface area contributed by atoms with Crippen LogP contribution in [0.2, 0.25) is 0 Å². The normalized spacial score (nSPS) is 14.4. The second kappa shape index (κ2) is 7.82. The zero-order valence-corrected chi connectivity index (χ0v) is 16.5. The molecule has 1 aromatic heterocycles. The van der Waals surface area contributed by atoms with E-state index in [1.807, 2.05) is 25.2 Å². The number of carbonyl (C=O) groups excluding carboxylic acids is 1. The third-order valence-corrected chi connectivity index (χ3v) is 5.16. The van der Waals surface area contributed by atoms with Crippen LogP contribution < -0.4 is 16.0 Å².